The number of hydrogen-bond acceptors (Lipinski definition) is 3. The molecule has 0 saturated heterocycles. The Morgan fingerprint density at radius 2 is 1.76 bits per heavy atom. The summed E-state index contributed by atoms with van der Waals surface area (Å²) in [6.07, 6.45) is 0. The zero-order chi connectivity index (χ0) is 15.0. The van der Waals surface area contributed by atoms with E-state index in [4.69, 9.17) is 33.5 Å². The molecule has 0 fully saturated rings. The van der Waals surface area contributed by atoms with Gasteiger partial charge in [0.2, 0.25) is 0 Å². The third-order valence-corrected chi connectivity index (χ3v) is 3.57. The van der Waals surface area contributed by atoms with Crippen molar-refractivity contribution in [1.82, 2.24) is 5.16 Å². The Morgan fingerprint density at radius 3 is 2.43 bits per heavy atom. The molecule has 2 aromatic carbocycles. The SMILES string of the molecule is Nc1noc(-c2ccc(F)cc2)c1-c1ccc(Cl)cc1Cl. The molecule has 2 N–H and O–H groups in total. The second-order valence-electron chi connectivity index (χ2n) is 4.40. The van der Waals surface area contributed by atoms with Crippen LogP contribution >= 0.6 is 23.2 Å². The fourth-order valence-corrected chi connectivity index (χ4v) is 2.56. The van der Waals surface area contributed by atoms with Crippen LogP contribution in [0.15, 0.2) is 47.0 Å². The molecule has 3 aromatic rings. The molecular weight excluding hydrogens is 314 g/mol. The zero-order valence-electron chi connectivity index (χ0n) is 10.6. The standard InChI is InChI=1S/C15H9Cl2FN2O/c16-9-3-6-11(12(17)7-9)13-14(21-20-15(13)19)8-1-4-10(18)5-2-8/h1-7H,(H2,19,20). The number of rotatable bonds is 2. The predicted molar refractivity (Wildman–Crippen MR) is 81.8 cm³/mol. The lowest BCUT2D eigenvalue weighted by Crippen LogP contribution is -1.90. The molecule has 0 saturated carbocycles. The Hall–Kier alpha value is -2.04. The summed E-state index contributed by atoms with van der Waals surface area (Å²) in [7, 11) is 0. The molecule has 21 heavy (non-hydrogen) atoms. The molecule has 0 amide bonds. The van der Waals surface area contributed by atoms with Crippen molar-refractivity contribution in [3.63, 3.8) is 0 Å². The van der Waals surface area contributed by atoms with Crippen LogP contribution in [0.2, 0.25) is 10.0 Å². The van der Waals surface area contributed by atoms with Crippen molar-refractivity contribution in [1.29, 1.82) is 0 Å². The summed E-state index contributed by atoms with van der Waals surface area (Å²) in [5.74, 6) is 0.299. The first-order valence-corrected chi connectivity index (χ1v) is 6.78. The van der Waals surface area contributed by atoms with Gasteiger partial charge in [-0.25, -0.2) is 4.39 Å². The highest BCUT2D eigenvalue weighted by molar-refractivity contribution is 6.36. The summed E-state index contributed by atoms with van der Waals surface area (Å²) < 4.78 is 18.3. The van der Waals surface area contributed by atoms with Crippen molar-refractivity contribution in [3.8, 4) is 22.5 Å². The highest BCUT2D eigenvalue weighted by Gasteiger charge is 2.19. The fraction of sp³-hybridized carbons (Fsp3) is 0. The monoisotopic (exact) mass is 322 g/mol. The van der Waals surface area contributed by atoms with Crippen LogP contribution in [0.25, 0.3) is 22.5 Å². The molecule has 106 valence electrons. The maximum absolute atomic E-state index is 13.0. The third-order valence-electron chi connectivity index (χ3n) is 3.03. The molecular formula is C15H9Cl2FN2O. The van der Waals surface area contributed by atoms with Crippen molar-refractivity contribution >= 4 is 29.0 Å². The number of benzene rings is 2. The average Bonchev–Trinajstić information content (AvgIpc) is 2.82. The number of hydrogen-bond donors (Lipinski definition) is 1. The molecule has 1 heterocycles. The van der Waals surface area contributed by atoms with E-state index >= 15 is 0 Å². The topological polar surface area (TPSA) is 52.0 Å². The van der Waals surface area contributed by atoms with Crippen molar-refractivity contribution in [2.24, 2.45) is 0 Å². The highest BCUT2D eigenvalue weighted by atomic mass is 35.5. The number of aromatic nitrogens is 1. The van der Waals surface area contributed by atoms with E-state index in [2.05, 4.69) is 5.16 Å². The van der Waals surface area contributed by atoms with Gasteiger partial charge in [-0.2, -0.15) is 0 Å². The lowest BCUT2D eigenvalue weighted by molar-refractivity contribution is 0.436. The minimum Gasteiger partial charge on any atom is -0.380 e. The maximum Gasteiger partial charge on any atom is 0.176 e. The van der Waals surface area contributed by atoms with E-state index in [-0.39, 0.29) is 11.6 Å². The molecule has 0 bridgehead atoms. The summed E-state index contributed by atoms with van der Waals surface area (Å²) in [5, 5.41) is 4.72. The van der Waals surface area contributed by atoms with Crippen LogP contribution in [0.5, 0.6) is 0 Å². The summed E-state index contributed by atoms with van der Waals surface area (Å²) >= 11 is 12.1. The molecule has 0 atom stereocenters. The molecule has 0 spiro atoms. The van der Waals surface area contributed by atoms with Crippen LogP contribution in [0, 0.1) is 5.82 Å². The van der Waals surface area contributed by atoms with Crippen LogP contribution in [-0.2, 0) is 0 Å². The first-order valence-electron chi connectivity index (χ1n) is 6.03. The number of nitrogens with zero attached hydrogens (tertiary/aromatic N) is 1. The summed E-state index contributed by atoms with van der Waals surface area (Å²) in [6.45, 7) is 0. The van der Waals surface area contributed by atoms with Crippen molar-refractivity contribution in [2.75, 3.05) is 5.73 Å². The normalized spacial score (nSPS) is 10.8. The smallest absolute Gasteiger partial charge is 0.176 e. The maximum atomic E-state index is 13.0. The minimum absolute atomic E-state index is 0.207. The molecule has 0 aliphatic carbocycles. The second kappa shape index (κ2) is 5.39. The van der Waals surface area contributed by atoms with Gasteiger partial charge in [0.25, 0.3) is 0 Å². The lowest BCUT2D eigenvalue weighted by Gasteiger charge is -2.05. The Labute approximate surface area is 130 Å². The van der Waals surface area contributed by atoms with Gasteiger partial charge >= 0.3 is 0 Å². The Kier molecular flexibility index (Phi) is 3.57. The first-order chi connectivity index (χ1) is 10.1. The van der Waals surface area contributed by atoms with Crippen LogP contribution in [0.1, 0.15) is 0 Å². The van der Waals surface area contributed by atoms with E-state index in [0.29, 0.717) is 32.5 Å². The molecule has 3 rings (SSSR count). The zero-order valence-corrected chi connectivity index (χ0v) is 12.1. The van der Waals surface area contributed by atoms with Gasteiger partial charge in [0.15, 0.2) is 11.6 Å². The highest BCUT2D eigenvalue weighted by Crippen LogP contribution is 2.40. The number of nitrogen functional groups attached to an aromatic ring is 1. The summed E-state index contributed by atoms with van der Waals surface area (Å²) in [6, 6.07) is 10.9. The molecule has 1 aromatic heterocycles. The molecule has 0 radical (unpaired) electrons. The van der Waals surface area contributed by atoms with Gasteiger partial charge in [-0.3, -0.25) is 0 Å². The van der Waals surface area contributed by atoms with E-state index in [0.717, 1.165) is 0 Å². The summed E-state index contributed by atoms with van der Waals surface area (Å²) in [4.78, 5) is 0. The average molecular weight is 323 g/mol. The molecule has 3 nitrogen and oxygen atoms in total. The lowest BCUT2D eigenvalue weighted by atomic mass is 10.0. The Bertz CT molecular complexity index is 800. The van der Waals surface area contributed by atoms with E-state index < -0.39 is 0 Å². The molecule has 0 aliphatic heterocycles. The van der Waals surface area contributed by atoms with E-state index in [1.807, 2.05) is 0 Å². The third kappa shape index (κ3) is 2.60. The van der Waals surface area contributed by atoms with Gasteiger partial charge in [-0.15, -0.1) is 0 Å². The van der Waals surface area contributed by atoms with Crippen molar-refractivity contribution in [2.45, 2.75) is 0 Å². The van der Waals surface area contributed by atoms with Crippen LogP contribution < -0.4 is 5.73 Å². The number of halogens is 3. The van der Waals surface area contributed by atoms with Crippen LogP contribution in [-0.4, -0.2) is 5.16 Å². The van der Waals surface area contributed by atoms with Gasteiger partial charge in [-0.05, 0) is 36.4 Å². The van der Waals surface area contributed by atoms with Gasteiger partial charge in [-0.1, -0.05) is 34.4 Å². The van der Waals surface area contributed by atoms with Crippen molar-refractivity contribution in [3.05, 3.63) is 58.3 Å². The fourth-order valence-electron chi connectivity index (χ4n) is 2.05. The van der Waals surface area contributed by atoms with Crippen molar-refractivity contribution < 1.29 is 8.91 Å². The molecule has 0 unspecified atom stereocenters. The van der Waals surface area contributed by atoms with Crippen LogP contribution in [0.4, 0.5) is 10.2 Å². The Balaban J connectivity index is 2.19. The van der Waals surface area contributed by atoms with Gasteiger partial charge < -0.3 is 10.3 Å². The first kappa shape index (κ1) is 13.9. The van der Waals surface area contributed by atoms with Gasteiger partial charge in [0.05, 0.1) is 10.6 Å². The predicted octanol–water partition coefficient (Wildman–Crippen LogP) is 5.04. The van der Waals surface area contributed by atoms with E-state index in [9.17, 15) is 4.39 Å². The molecule has 0 aliphatic rings. The minimum atomic E-state index is -0.336. The quantitative estimate of drug-likeness (QED) is 0.719. The van der Waals surface area contributed by atoms with E-state index in [1.54, 1.807) is 30.3 Å². The summed E-state index contributed by atoms with van der Waals surface area (Å²) in [5.41, 5.74) is 7.74. The largest absolute Gasteiger partial charge is 0.380 e. The van der Waals surface area contributed by atoms with Gasteiger partial charge in [0, 0.05) is 16.1 Å². The van der Waals surface area contributed by atoms with E-state index in [1.165, 1.54) is 12.1 Å². The van der Waals surface area contributed by atoms with Crippen LogP contribution in [0.3, 0.4) is 0 Å². The Morgan fingerprint density at radius 1 is 1.05 bits per heavy atom. The second-order valence-corrected chi connectivity index (χ2v) is 5.25. The number of anilines is 1. The molecule has 6 heteroatoms. The number of nitrogens with two attached hydrogens (primary N) is 1. The van der Waals surface area contributed by atoms with Gasteiger partial charge in [0.1, 0.15) is 5.82 Å².